The average Bonchev–Trinajstić information content (AvgIpc) is 2.99. The van der Waals surface area contributed by atoms with Gasteiger partial charge in [-0.3, -0.25) is 14.9 Å². The molecule has 1 aromatic carbocycles. The van der Waals surface area contributed by atoms with Crippen molar-refractivity contribution in [2.75, 3.05) is 0 Å². The van der Waals surface area contributed by atoms with E-state index in [1.165, 1.54) is 0 Å². The zero-order valence-corrected chi connectivity index (χ0v) is 16.5. The summed E-state index contributed by atoms with van der Waals surface area (Å²) in [6, 6.07) is 3.25. The van der Waals surface area contributed by atoms with Gasteiger partial charge in [-0.1, -0.05) is 27.7 Å². The van der Waals surface area contributed by atoms with Gasteiger partial charge in [-0.05, 0) is 57.8 Å². The highest BCUT2D eigenvalue weighted by Gasteiger charge is 2.49. The van der Waals surface area contributed by atoms with Crippen molar-refractivity contribution in [2.24, 2.45) is 0 Å². The average molecular weight is 406 g/mol. The van der Waals surface area contributed by atoms with E-state index >= 15 is 0 Å². The molecule has 0 aliphatic heterocycles. The van der Waals surface area contributed by atoms with Crippen molar-refractivity contribution >= 4 is 27.9 Å². The van der Waals surface area contributed by atoms with Gasteiger partial charge < -0.3 is 4.42 Å². The maximum Gasteiger partial charge on any atom is 0.277 e. The molecule has 1 aliphatic carbocycles. The summed E-state index contributed by atoms with van der Waals surface area (Å²) >= 11 is 3.69. The molecule has 0 bridgehead atoms. The monoisotopic (exact) mass is 405 g/mol. The van der Waals surface area contributed by atoms with E-state index in [1.54, 1.807) is 19.1 Å². The lowest BCUT2D eigenvalue weighted by molar-refractivity contribution is -0.386. The fraction of sp³-hybridized carbons (Fsp3) is 0.421. The van der Waals surface area contributed by atoms with E-state index in [-0.39, 0.29) is 27.2 Å². The SMILES string of the molecule is Cc1c(-c2ccc(C=O)o2)c(Br)c2c(c1[N+](=O)[O-])C(C)(C)CC2(C)C. The molecule has 0 unspecified atom stereocenters. The summed E-state index contributed by atoms with van der Waals surface area (Å²) < 4.78 is 6.39. The lowest BCUT2D eigenvalue weighted by atomic mass is 9.81. The number of halogens is 1. The first-order valence-electron chi connectivity index (χ1n) is 8.08. The van der Waals surface area contributed by atoms with E-state index < -0.39 is 0 Å². The predicted octanol–water partition coefficient (Wildman–Crippen LogP) is 5.70. The minimum absolute atomic E-state index is 0.146. The zero-order valence-electron chi connectivity index (χ0n) is 14.9. The molecule has 6 heteroatoms. The Hall–Kier alpha value is -1.95. The van der Waals surface area contributed by atoms with Crippen molar-refractivity contribution in [2.45, 2.75) is 51.9 Å². The molecule has 0 amide bonds. The molecule has 0 N–H and O–H groups in total. The van der Waals surface area contributed by atoms with Crippen molar-refractivity contribution in [1.29, 1.82) is 0 Å². The highest BCUT2D eigenvalue weighted by Crippen LogP contribution is 2.58. The van der Waals surface area contributed by atoms with E-state index in [4.69, 9.17) is 4.42 Å². The van der Waals surface area contributed by atoms with Crippen molar-refractivity contribution in [3.05, 3.63) is 49.2 Å². The third kappa shape index (κ3) is 2.54. The van der Waals surface area contributed by atoms with Gasteiger partial charge in [0.05, 0.1) is 4.92 Å². The zero-order chi connectivity index (χ0) is 18.7. The quantitative estimate of drug-likeness (QED) is 0.373. The molecule has 2 aromatic rings. The second-order valence-corrected chi connectivity index (χ2v) is 8.73. The van der Waals surface area contributed by atoms with Crippen molar-refractivity contribution < 1.29 is 14.1 Å². The Kier molecular flexibility index (Phi) is 3.95. The minimum atomic E-state index is -0.301. The number of furan rings is 1. The molecule has 0 saturated carbocycles. The maximum atomic E-state index is 11.9. The lowest BCUT2D eigenvalue weighted by Gasteiger charge is -2.23. The van der Waals surface area contributed by atoms with Crippen LogP contribution in [0.3, 0.4) is 0 Å². The summed E-state index contributed by atoms with van der Waals surface area (Å²) in [6.07, 6.45) is 1.44. The molecule has 0 fully saturated rings. The predicted molar refractivity (Wildman–Crippen MR) is 99.3 cm³/mol. The number of rotatable bonds is 3. The summed E-state index contributed by atoms with van der Waals surface area (Å²) in [5, 5.41) is 11.9. The molecule has 0 spiro atoms. The molecule has 1 aromatic heterocycles. The molecule has 0 atom stereocenters. The van der Waals surface area contributed by atoms with E-state index in [0.29, 0.717) is 23.2 Å². The summed E-state index contributed by atoms with van der Waals surface area (Å²) in [5.41, 5.74) is 2.56. The number of benzene rings is 1. The first-order valence-corrected chi connectivity index (χ1v) is 8.87. The Morgan fingerprint density at radius 2 is 1.80 bits per heavy atom. The minimum Gasteiger partial charge on any atom is -0.453 e. The van der Waals surface area contributed by atoms with Gasteiger partial charge in [-0.15, -0.1) is 0 Å². The molecule has 25 heavy (non-hydrogen) atoms. The Morgan fingerprint density at radius 3 is 2.32 bits per heavy atom. The van der Waals surface area contributed by atoms with Gasteiger partial charge in [0.1, 0.15) is 5.76 Å². The van der Waals surface area contributed by atoms with E-state index in [0.717, 1.165) is 22.0 Å². The van der Waals surface area contributed by atoms with Gasteiger partial charge in [0.15, 0.2) is 12.0 Å². The number of nitro groups is 1. The third-order valence-corrected chi connectivity index (χ3v) is 5.86. The normalized spacial score (nSPS) is 17.4. The summed E-state index contributed by atoms with van der Waals surface area (Å²) in [6.45, 7) is 10.1. The van der Waals surface area contributed by atoms with Crippen LogP contribution in [0.5, 0.6) is 0 Å². The lowest BCUT2D eigenvalue weighted by Crippen LogP contribution is -2.18. The van der Waals surface area contributed by atoms with Crippen LogP contribution in [0.1, 0.15) is 61.4 Å². The van der Waals surface area contributed by atoms with Gasteiger partial charge in [0.25, 0.3) is 5.69 Å². The van der Waals surface area contributed by atoms with Crippen LogP contribution in [0.15, 0.2) is 21.0 Å². The number of nitro benzene ring substituents is 1. The Balaban J connectivity index is 2.47. The Labute approximate surface area is 154 Å². The van der Waals surface area contributed by atoms with Gasteiger partial charge >= 0.3 is 0 Å². The largest absolute Gasteiger partial charge is 0.453 e. The maximum absolute atomic E-state index is 11.9. The highest BCUT2D eigenvalue weighted by molar-refractivity contribution is 9.10. The number of carbonyl (C=O) groups is 1. The molecule has 0 saturated heterocycles. The molecular formula is C19H20BrNO4. The van der Waals surface area contributed by atoms with Crippen molar-refractivity contribution in [3.8, 4) is 11.3 Å². The van der Waals surface area contributed by atoms with Crippen LogP contribution in [-0.4, -0.2) is 11.2 Å². The summed E-state index contributed by atoms with van der Waals surface area (Å²) in [7, 11) is 0. The van der Waals surface area contributed by atoms with Crippen molar-refractivity contribution in [3.63, 3.8) is 0 Å². The number of aldehydes is 1. The highest BCUT2D eigenvalue weighted by atomic mass is 79.9. The second kappa shape index (κ2) is 5.53. The van der Waals surface area contributed by atoms with Crippen LogP contribution in [0.25, 0.3) is 11.3 Å². The van der Waals surface area contributed by atoms with Crippen LogP contribution in [0.4, 0.5) is 5.69 Å². The van der Waals surface area contributed by atoms with E-state index in [9.17, 15) is 14.9 Å². The van der Waals surface area contributed by atoms with E-state index in [1.807, 2.05) is 0 Å². The van der Waals surface area contributed by atoms with Gasteiger partial charge in [0.2, 0.25) is 0 Å². The smallest absolute Gasteiger partial charge is 0.277 e. The van der Waals surface area contributed by atoms with Crippen LogP contribution in [0.2, 0.25) is 0 Å². The van der Waals surface area contributed by atoms with Crippen molar-refractivity contribution in [1.82, 2.24) is 0 Å². The van der Waals surface area contributed by atoms with Gasteiger partial charge in [0, 0.05) is 21.2 Å². The van der Waals surface area contributed by atoms with Crippen LogP contribution in [0, 0.1) is 17.0 Å². The topological polar surface area (TPSA) is 73.3 Å². The molecule has 5 nitrogen and oxygen atoms in total. The number of hydrogen-bond acceptors (Lipinski definition) is 4. The number of hydrogen-bond donors (Lipinski definition) is 0. The Morgan fingerprint density at radius 1 is 1.20 bits per heavy atom. The third-order valence-electron chi connectivity index (χ3n) is 5.07. The second-order valence-electron chi connectivity index (χ2n) is 7.93. The number of fused-ring (bicyclic) bond motifs is 1. The summed E-state index contributed by atoms with van der Waals surface area (Å²) in [5.74, 6) is 0.655. The molecule has 1 heterocycles. The van der Waals surface area contributed by atoms with Gasteiger partial charge in [-0.25, -0.2) is 0 Å². The summed E-state index contributed by atoms with van der Waals surface area (Å²) in [4.78, 5) is 22.6. The van der Waals surface area contributed by atoms with Crippen LogP contribution in [-0.2, 0) is 10.8 Å². The first kappa shape index (κ1) is 17.9. The van der Waals surface area contributed by atoms with E-state index in [2.05, 4.69) is 43.6 Å². The molecule has 3 rings (SSSR count). The Bertz CT molecular complexity index is 909. The van der Waals surface area contributed by atoms with Crippen LogP contribution < -0.4 is 0 Å². The first-order chi connectivity index (χ1) is 11.5. The fourth-order valence-electron chi connectivity index (χ4n) is 4.47. The number of carbonyl (C=O) groups excluding carboxylic acids is 1. The standard InChI is InChI=1S/C19H20BrNO4/c1-10-13(12-7-6-11(8-22)25-12)16(20)14-15(17(10)21(23)24)19(4,5)9-18(14,2)3/h6-8H,9H2,1-5H3. The molecule has 0 radical (unpaired) electrons. The fourth-order valence-corrected chi connectivity index (χ4v) is 5.70. The molecule has 1 aliphatic rings. The number of nitrogens with zero attached hydrogens (tertiary/aromatic N) is 1. The van der Waals surface area contributed by atoms with Gasteiger partial charge in [-0.2, -0.15) is 0 Å². The van der Waals surface area contributed by atoms with Crippen LogP contribution >= 0.6 is 15.9 Å². The molecular weight excluding hydrogens is 386 g/mol. The molecule has 132 valence electrons.